The number of aryl methyl sites for hydroxylation is 1. The van der Waals surface area contributed by atoms with Crippen molar-refractivity contribution in [3.63, 3.8) is 0 Å². The Morgan fingerprint density at radius 1 is 1.27 bits per heavy atom. The lowest BCUT2D eigenvalue weighted by atomic mass is 10.1. The Labute approximate surface area is 95.8 Å². The van der Waals surface area contributed by atoms with E-state index in [4.69, 9.17) is 5.73 Å². The Morgan fingerprint density at radius 3 is 2.93 bits per heavy atom. The monoisotopic (exact) mass is 222 g/mol. The molecule has 1 aromatic rings. The summed E-state index contributed by atoms with van der Waals surface area (Å²) in [5, 5.41) is 0. The second-order valence-electron chi connectivity index (χ2n) is 3.99. The van der Waals surface area contributed by atoms with E-state index in [9.17, 15) is 0 Å². The topological polar surface area (TPSA) is 29.3 Å². The van der Waals surface area contributed by atoms with Crippen LogP contribution in [-0.4, -0.2) is 24.6 Å². The van der Waals surface area contributed by atoms with Gasteiger partial charge in [0.1, 0.15) is 0 Å². The van der Waals surface area contributed by atoms with Gasteiger partial charge in [0, 0.05) is 30.2 Å². The van der Waals surface area contributed by atoms with Crippen molar-refractivity contribution in [2.45, 2.75) is 13.3 Å². The van der Waals surface area contributed by atoms with E-state index in [1.54, 1.807) is 0 Å². The maximum atomic E-state index is 5.93. The molecule has 1 saturated heterocycles. The second kappa shape index (κ2) is 4.79. The summed E-state index contributed by atoms with van der Waals surface area (Å²) in [5.74, 6) is 2.52. The molecule has 1 aliphatic rings. The number of benzene rings is 1. The van der Waals surface area contributed by atoms with Gasteiger partial charge < -0.3 is 10.6 Å². The molecule has 15 heavy (non-hydrogen) atoms. The van der Waals surface area contributed by atoms with Gasteiger partial charge in [-0.2, -0.15) is 11.8 Å². The third kappa shape index (κ3) is 2.59. The van der Waals surface area contributed by atoms with E-state index in [0.717, 1.165) is 18.8 Å². The standard InChI is InChI=1S/C12H18N2S/c1-10-3-4-11(9-12(10)13)14-5-2-7-15-8-6-14/h3-4,9H,2,5-8,13H2,1H3. The average molecular weight is 222 g/mol. The lowest BCUT2D eigenvalue weighted by molar-refractivity contribution is 0.816. The highest BCUT2D eigenvalue weighted by molar-refractivity contribution is 7.99. The van der Waals surface area contributed by atoms with Crippen molar-refractivity contribution in [1.82, 2.24) is 0 Å². The molecule has 0 aromatic heterocycles. The van der Waals surface area contributed by atoms with E-state index in [-0.39, 0.29) is 0 Å². The first-order chi connectivity index (χ1) is 7.27. The van der Waals surface area contributed by atoms with Crippen LogP contribution in [0.4, 0.5) is 11.4 Å². The van der Waals surface area contributed by atoms with E-state index in [2.05, 4.69) is 30.0 Å². The summed E-state index contributed by atoms with van der Waals surface area (Å²) in [6.07, 6.45) is 1.28. The molecule has 0 spiro atoms. The molecule has 1 heterocycles. The number of nitrogens with zero attached hydrogens (tertiary/aromatic N) is 1. The molecular weight excluding hydrogens is 204 g/mol. The largest absolute Gasteiger partial charge is 0.398 e. The lowest BCUT2D eigenvalue weighted by Crippen LogP contribution is -2.25. The Balaban J connectivity index is 2.16. The third-order valence-electron chi connectivity index (χ3n) is 2.85. The molecule has 0 unspecified atom stereocenters. The maximum Gasteiger partial charge on any atom is 0.0387 e. The molecule has 82 valence electrons. The molecule has 0 aliphatic carbocycles. The minimum atomic E-state index is 0.907. The van der Waals surface area contributed by atoms with Gasteiger partial charge in [-0.15, -0.1) is 0 Å². The summed E-state index contributed by atoms with van der Waals surface area (Å²) < 4.78 is 0. The van der Waals surface area contributed by atoms with Gasteiger partial charge in [-0.25, -0.2) is 0 Å². The van der Waals surface area contributed by atoms with E-state index in [1.807, 2.05) is 11.8 Å². The number of hydrogen-bond acceptors (Lipinski definition) is 3. The summed E-state index contributed by atoms with van der Waals surface area (Å²) >= 11 is 2.05. The molecule has 0 atom stereocenters. The van der Waals surface area contributed by atoms with Gasteiger partial charge in [-0.05, 0) is 36.8 Å². The van der Waals surface area contributed by atoms with Crippen LogP contribution >= 0.6 is 11.8 Å². The average Bonchev–Trinajstić information content (AvgIpc) is 2.50. The Morgan fingerprint density at radius 2 is 2.13 bits per heavy atom. The van der Waals surface area contributed by atoms with Crippen LogP contribution in [0.25, 0.3) is 0 Å². The van der Waals surface area contributed by atoms with Crippen molar-refractivity contribution in [2.24, 2.45) is 0 Å². The molecule has 1 aliphatic heterocycles. The van der Waals surface area contributed by atoms with Gasteiger partial charge in [-0.3, -0.25) is 0 Å². The van der Waals surface area contributed by atoms with Gasteiger partial charge in [0.15, 0.2) is 0 Å². The van der Waals surface area contributed by atoms with Crippen LogP contribution in [0.2, 0.25) is 0 Å². The number of nitrogens with two attached hydrogens (primary N) is 1. The van der Waals surface area contributed by atoms with Gasteiger partial charge in [0.25, 0.3) is 0 Å². The molecule has 0 radical (unpaired) electrons. The van der Waals surface area contributed by atoms with Crippen LogP contribution in [0, 0.1) is 6.92 Å². The SMILES string of the molecule is Cc1ccc(N2CCCSCC2)cc1N. The van der Waals surface area contributed by atoms with Gasteiger partial charge in [0.05, 0.1) is 0 Å². The molecule has 0 amide bonds. The zero-order valence-electron chi connectivity index (χ0n) is 9.20. The normalized spacial score (nSPS) is 17.5. The number of hydrogen-bond donors (Lipinski definition) is 1. The fraction of sp³-hybridized carbons (Fsp3) is 0.500. The fourth-order valence-electron chi connectivity index (χ4n) is 1.83. The van der Waals surface area contributed by atoms with Crippen LogP contribution < -0.4 is 10.6 Å². The zero-order chi connectivity index (χ0) is 10.7. The first-order valence-electron chi connectivity index (χ1n) is 5.46. The highest BCUT2D eigenvalue weighted by Crippen LogP contribution is 2.23. The molecule has 3 heteroatoms. The highest BCUT2D eigenvalue weighted by Gasteiger charge is 2.10. The van der Waals surface area contributed by atoms with E-state index < -0.39 is 0 Å². The summed E-state index contributed by atoms with van der Waals surface area (Å²) in [6.45, 7) is 4.36. The summed E-state index contributed by atoms with van der Waals surface area (Å²) in [7, 11) is 0. The molecular formula is C12H18N2S. The van der Waals surface area contributed by atoms with Crippen molar-refractivity contribution < 1.29 is 0 Å². The van der Waals surface area contributed by atoms with Crippen molar-refractivity contribution in [2.75, 3.05) is 35.2 Å². The quantitative estimate of drug-likeness (QED) is 0.740. The van der Waals surface area contributed by atoms with Crippen LogP contribution in [0.3, 0.4) is 0 Å². The molecule has 0 saturated carbocycles. The summed E-state index contributed by atoms with van der Waals surface area (Å²) in [5.41, 5.74) is 9.29. The first kappa shape index (κ1) is 10.7. The fourth-order valence-corrected chi connectivity index (χ4v) is 2.72. The number of rotatable bonds is 1. The molecule has 0 bridgehead atoms. The molecule has 2 rings (SSSR count). The van der Waals surface area contributed by atoms with Gasteiger partial charge >= 0.3 is 0 Å². The summed E-state index contributed by atoms with van der Waals surface area (Å²) in [6, 6.07) is 6.40. The Hall–Kier alpha value is -0.830. The maximum absolute atomic E-state index is 5.93. The Kier molecular flexibility index (Phi) is 3.41. The van der Waals surface area contributed by atoms with E-state index >= 15 is 0 Å². The number of anilines is 2. The predicted octanol–water partition coefficient (Wildman–Crippen LogP) is 2.52. The van der Waals surface area contributed by atoms with Crippen LogP contribution in [0.5, 0.6) is 0 Å². The number of thioether (sulfide) groups is 1. The first-order valence-corrected chi connectivity index (χ1v) is 6.61. The molecule has 1 aromatic carbocycles. The lowest BCUT2D eigenvalue weighted by Gasteiger charge is -2.22. The minimum absolute atomic E-state index is 0.907. The van der Waals surface area contributed by atoms with Gasteiger partial charge in [-0.1, -0.05) is 6.07 Å². The van der Waals surface area contributed by atoms with Crippen LogP contribution in [-0.2, 0) is 0 Å². The second-order valence-corrected chi connectivity index (χ2v) is 5.22. The van der Waals surface area contributed by atoms with Gasteiger partial charge in [0.2, 0.25) is 0 Å². The smallest absolute Gasteiger partial charge is 0.0387 e. The van der Waals surface area contributed by atoms with Crippen LogP contribution in [0.15, 0.2) is 18.2 Å². The molecule has 2 N–H and O–H groups in total. The zero-order valence-corrected chi connectivity index (χ0v) is 10.0. The van der Waals surface area contributed by atoms with Crippen molar-refractivity contribution in [3.05, 3.63) is 23.8 Å². The predicted molar refractivity (Wildman–Crippen MR) is 69.7 cm³/mol. The molecule has 1 fully saturated rings. The Bertz CT molecular complexity index is 330. The van der Waals surface area contributed by atoms with Crippen molar-refractivity contribution >= 4 is 23.1 Å². The third-order valence-corrected chi connectivity index (χ3v) is 3.90. The van der Waals surface area contributed by atoms with Crippen molar-refractivity contribution in [1.29, 1.82) is 0 Å². The van der Waals surface area contributed by atoms with E-state index in [1.165, 1.54) is 29.2 Å². The minimum Gasteiger partial charge on any atom is -0.398 e. The summed E-state index contributed by atoms with van der Waals surface area (Å²) in [4.78, 5) is 2.44. The highest BCUT2D eigenvalue weighted by atomic mass is 32.2. The molecule has 2 nitrogen and oxygen atoms in total. The number of nitrogen functional groups attached to an aromatic ring is 1. The van der Waals surface area contributed by atoms with E-state index in [0.29, 0.717) is 0 Å². The van der Waals surface area contributed by atoms with Crippen LogP contribution in [0.1, 0.15) is 12.0 Å². The van der Waals surface area contributed by atoms with Crippen molar-refractivity contribution in [3.8, 4) is 0 Å².